The zero-order chi connectivity index (χ0) is 15.4. The Morgan fingerprint density at radius 1 is 1.41 bits per heavy atom. The van der Waals surface area contributed by atoms with E-state index in [1.54, 1.807) is 0 Å². The molecule has 0 aliphatic heterocycles. The van der Waals surface area contributed by atoms with Crippen LogP contribution in [-0.2, 0) is 11.3 Å². The molecule has 3 rings (SSSR count). The number of nitrogens with zero attached hydrogens (tertiary/aromatic N) is 4. The Morgan fingerprint density at radius 3 is 2.86 bits per heavy atom. The fourth-order valence-corrected chi connectivity index (χ4v) is 3.15. The van der Waals surface area contributed by atoms with Gasteiger partial charge in [-0.05, 0) is 35.3 Å². The molecule has 1 heterocycles. The minimum atomic E-state index is -0.174. The summed E-state index contributed by atoms with van der Waals surface area (Å²) in [6, 6.07) is 10.3. The SMILES string of the molecule is CCC(Sc1nnnn1C1CC1)C(=O)NCc1ccccc1. The average molecular weight is 317 g/mol. The molecule has 1 saturated carbocycles. The van der Waals surface area contributed by atoms with E-state index in [1.807, 2.05) is 41.9 Å². The molecule has 1 amide bonds. The molecule has 0 bridgehead atoms. The van der Waals surface area contributed by atoms with Gasteiger partial charge in [0, 0.05) is 6.54 Å². The summed E-state index contributed by atoms with van der Waals surface area (Å²) in [5, 5.41) is 15.4. The van der Waals surface area contributed by atoms with Gasteiger partial charge in [0.1, 0.15) is 0 Å². The second-order valence-corrected chi connectivity index (χ2v) is 6.53. The van der Waals surface area contributed by atoms with Crippen molar-refractivity contribution in [2.24, 2.45) is 0 Å². The zero-order valence-electron chi connectivity index (χ0n) is 12.5. The molecule has 0 radical (unpaired) electrons. The van der Waals surface area contributed by atoms with E-state index in [-0.39, 0.29) is 11.2 Å². The average Bonchev–Trinajstić information content (AvgIpc) is 3.30. The van der Waals surface area contributed by atoms with Crippen molar-refractivity contribution < 1.29 is 4.79 Å². The lowest BCUT2D eigenvalue weighted by atomic mass is 10.2. The molecule has 1 fully saturated rings. The molecule has 1 N–H and O–H groups in total. The molecule has 1 aromatic heterocycles. The van der Waals surface area contributed by atoms with E-state index >= 15 is 0 Å². The Kier molecular flexibility index (Phi) is 4.72. The monoisotopic (exact) mass is 317 g/mol. The van der Waals surface area contributed by atoms with Gasteiger partial charge in [0.2, 0.25) is 11.1 Å². The maximum atomic E-state index is 12.4. The highest BCUT2D eigenvalue weighted by atomic mass is 32.2. The van der Waals surface area contributed by atoms with Gasteiger partial charge in [0.05, 0.1) is 11.3 Å². The molecule has 0 saturated heterocycles. The van der Waals surface area contributed by atoms with Crippen LogP contribution < -0.4 is 5.32 Å². The first-order valence-corrected chi connectivity index (χ1v) is 8.42. The second kappa shape index (κ2) is 6.91. The van der Waals surface area contributed by atoms with E-state index in [9.17, 15) is 4.79 Å². The lowest BCUT2D eigenvalue weighted by Crippen LogP contribution is -2.32. The van der Waals surface area contributed by atoms with Gasteiger partial charge >= 0.3 is 0 Å². The van der Waals surface area contributed by atoms with Crippen LogP contribution in [0.2, 0.25) is 0 Å². The first-order chi connectivity index (χ1) is 10.8. The van der Waals surface area contributed by atoms with Crippen molar-refractivity contribution in [1.82, 2.24) is 25.5 Å². The highest BCUT2D eigenvalue weighted by Gasteiger charge is 2.30. The Bertz CT molecular complexity index is 626. The summed E-state index contributed by atoms with van der Waals surface area (Å²) < 4.78 is 1.85. The van der Waals surface area contributed by atoms with Crippen LogP contribution in [0.1, 0.15) is 37.8 Å². The molecule has 22 heavy (non-hydrogen) atoms. The van der Waals surface area contributed by atoms with Crippen LogP contribution in [0.3, 0.4) is 0 Å². The number of aromatic nitrogens is 4. The first-order valence-electron chi connectivity index (χ1n) is 7.54. The molecular weight excluding hydrogens is 298 g/mol. The van der Waals surface area contributed by atoms with E-state index in [0.29, 0.717) is 12.6 Å². The number of carbonyl (C=O) groups excluding carboxylic acids is 1. The first kappa shape index (κ1) is 15.0. The topological polar surface area (TPSA) is 72.7 Å². The van der Waals surface area contributed by atoms with E-state index in [1.165, 1.54) is 11.8 Å². The van der Waals surface area contributed by atoms with Crippen LogP contribution in [0.15, 0.2) is 35.5 Å². The molecule has 1 aliphatic carbocycles. The van der Waals surface area contributed by atoms with E-state index < -0.39 is 0 Å². The minimum absolute atomic E-state index is 0.0294. The zero-order valence-corrected chi connectivity index (χ0v) is 13.3. The Morgan fingerprint density at radius 2 is 2.18 bits per heavy atom. The van der Waals surface area contributed by atoms with Crippen molar-refractivity contribution in [2.45, 2.75) is 49.2 Å². The summed E-state index contributed by atoms with van der Waals surface area (Å²) in [4.78, 5) is 12.4. The van der Waals surface area contributed by atoms with Gasteiger partial charge in [0.15, 0.2) is 0 Å². The van der Waals surface area contributed by atoms with Crippen molar-refractivity contribution in [1.29, 1.82) is 0 Å². The summed E-state index contributed by atoms with van der Waals surface area (Å²) >= 11 is 1.45. The summed E-state index contributed by atoms with van der Waals surface area (Å²) in [5.41, 5.74) is 1.10. The van der Waals surface area contributed by atoms with Gasteiger partial charge in [-0.2, -0.15) is 0 Å². The Labute approximate surface area is 133 Å². The predicted octanol–water partition coefficient (Wildman–Crippen LogP) is 2.20. The van der Waals surface area contributed by atoms with Crippen LogP contribution in [0, 0.1) is 0 Å². The molecule has 1 unspecified atom stereocenters. The van der Waals surface area contributed by atoms with Gasteiger partial charge in [-0.1, -0.05) is 49.0 Å². The molecule has 1 atom stereocenters. The summed E-state index contributed by atoms with van der Waals surface area (Å²) in [5.74, 6) is 0.0294. The maximum Gasteiger partial charge on any atom is 0.233 e. The van der Waals surface area contributed by atoms with Crippen LogP contribution in [-0.4, -0.2) is 31.4 Å². The summed E-state index contributed by atoms with van der Waals surface area (Å²) in [6.45, 7) is 2.55. The standard InChI is InChI=1S/C15H19N5OS/c1-2-13(14(21)16-10-11-6-4-3-5-7-11)22-15-17-18-19-20(15)12-8-9-12/h3-7,12-13H,2,8-10H2,1H3,(H,16,21). The number of amides is 1. The van der Waals surface area contributed by atoms with E-state index in [2.05, 4.69) is 20.8 Å². The number of tetrazole rings is 1. The van der Waals surface area contributed by atoms with Crippen molar-refractivity contribution in [3.05, 3.63) is 35.9 Å². The number of hydrogen-bond donors (Lipinski definition) is 1. The smallest absolute Gasteiger partial charge is 0.233 e. The quantitative estimate of drug-likeness (QED) is 0.793. The third-order valence-electron chi connectivity index (χ3n) is 3.58. The highest BCUT2D eigenvalue weighted by Crippen LogP contribution is 2.37. The molecule has 1 aliphatic rings. The fourth-order valence-electron chi connectivity index (χ4n) is 2.16. The third-order valence-corrected chi connectivity index (χ3v) is 4.89. The lowest BCUT2D eigenvalue weighted by Gasteiger charge is -2.14. The fraction of sp³-hybridized carbons (Fsp3) is 0.467. The highest BCUT2D eigenvalue weighted by molar-refractivity contribution is 8.00. The van der Waals surface area contributed by atoms with Gasteiger partial charge in [-0.3, -0.25) is 4.79 Å². The molecular formula is C15H19N5OS. The van der Waals surface area contributed by atoms with Gasteiger partial charge < -0.3 is 5.32 Å². The summed E-state index contributed by atoms with van der Waals surface area (Å²) in [6.07, 6.45) is 2.98. The van der Waals surface area contributed by atoms with Crippen LogP contribution in [0.25, 0.3) is 0 Å². The van der Waals surface area contributed by atoms with E-state index in [0.717, 1.165) is 30.0 Å². The minimum Gasteiger partial charge on any atom is -0.351 e. The van der Waals surface area contributed by atoms with Crippen molar-refractivity contribution in [3.8, 4) is 0 Å². The van der Waals surface area contributed by atoms with E-state index in [4.69, 9.17) is 0 Å². The number of nitrogens with one attached hydrogen (secondary N) is 1. The Hall–Kier alpha value is -1.89. The number of thioether (sulfide) groups is 1. The molecule has 1 aromatic carbocycles. The molecule has 0 spiro atoms. The van der Waals surface area contributed by atoms with Crippen molar-refractivity contribution >= 4 is 17.7 Å². The number of rotatable bonds is 7. The lowest BCUT2D eigenvalue weighted by molar-refractivity contribution is -0.120. The number of benzene rings is 1. The van der Waals surface area contributed by atoms with Gasteiger partial charge in [0.25, 0.3) is 0 Å². The molecule has 7 heteroatoms. The van der Waals surface area contributed by atoms with Crippen molar-refractivity contribution in [3.63, 3.8) is 0 Å². The Balaban J connectivity index is 1.58. The van der Waals surface area contributed by atoms with Crippen molar-refractivity contribution in [2.75, 3.05) is 0 Å². The van der Waals surface area contributed by atoms with Gasteiger partial charge in [-0.15, -0.1) is 5.10 Å². The number of hydrogen-bond acceptors (Lipinski definition) is 5. The van der Waals surface area contributed by atoms with Crippen LogP contribution in [0.4, 0.5) is 0 Å². The molecule has 2 aromatic rings. The largest absolute Gasteiger partial charge is 0.351 e. The molecule has 6 nitrogen and oxygen atoms in total. The number of carbonyl (C=O) groups is 1. The normalized spacial score (nSPS) is 15.5. The van der Waals surface area contributed by atoms with Crippen LogP contribution in [0.5, 0.6) is 0 Å². The summed E-state index contributed by atoms with van der Waals surface area (Å²) in [7, 11) is 0. The maximum absolute atomic E-state index is 12.4. The van der Waals surface area contributed by atoms with Crippen LogP contribution >= 0.6 is 11.8 Å². The van der Waals surface area contributed by atoms with Gasteiger partial charge in [-0.25, -0.2) is 4.68 Å². The second-order valence-electron chi connectivity index (χ2n) is 5.36. The molecule has 116 valence electrons. The third kappa shape index (κ3) is 3.65. The predicted molar refractivity (Wildman–Crippen MR) is 84.3 cm³/mol.